The standard InChI is InChI=1S/C12H11IO3/c1-10(12(14)15-9-5-8-13)16-11-6-3-2-4-7-11/h2-4,6-7,10H,9H2,1H3. The number of halogens is 1. The molecule has 0 radical (unpaired) electrons. The average molecular weight is 330 g/mol. The van der Waals surface area contributed by atoms with Crippen LogP contribution in [0.3, 0.4) is 0 Å². The molecule has 1 rings (SSSR count). The van der Waals surface area contributed by atoms with Crippen molar-refractivity contribution in [3.05, 3.63) is 30.3 Å². The van der Waals surface area contributed by atoms with E-state index in [1.807, 2.05) is 40.8 Å². The molecule has 1 aromatic carbocycles. The van der Waals surface area contributed by atoms with Gasteiger partial charge in [0.05, 0.1) is 0 Å². The Hall–Kier alpha value is -1.22. The molecule has 0 saturated carbocycles. The molecule has 0 saturated heterocycles. The summed E-state index contributed by atoms with van der Waals surface area (Å²) in [5.74, 6) is 2.87. The molecule has 0 heterocycles. The van der Waals surface area contributed by atoms with E-state index in [-0.39, 0.29) is 6.61 Å². The molecule has 0 aromatic heterocycles. The van der Waals surface area contributed by atoms with Crippen LogP contribution in [0.5, 0.6) is 5.75 Å². The Morgan fingerprint density at radius 1 is 1.44 bits per heavy atom. The van der Waals surface area contributed by atoms with Crippen LogP contribution in [-0.2, 0) is 9.53 Å². The number of rotatable bonds is 4. The highest BCUT2D eigenvalue weighted by molar-refractivity contribution is 14.1. The van der Waals surface area contributed by atoms with Crippen LogP contribution in [0.4, 0.5) is 0 Å². The van der Waals surface area contributed by atoms with Crippen molar-refractivity contribution >= 4 is 28.6 Å². The van der Waals surface area contributed by atoms with Crippen LogP contribution < -0.4 is 4.74 Å². The quantitative estimate of drug-likeness (QED) is 0.483. The highest BCUT2D eigenvalue weighted by Gasteiger charge is 2.15. The minimum atomic E-state index is -0.626. The SMILES string of the molecule is CC(Oc1ccccc1)C(=O)OCC#CI. The molecule has 3 nitrogen and oxygen atoms in total. The first kappa shape index (κ1) is 12.8. The molecular weight excluding hydrogens is 319 g/mol. The summed E-state index contributed by atoms with van der Waals surface area (Å²) in [6, 6.07) is 9.14. The first-order valence-corrected chi connectivity index (χ1v) is 5.78. The normalized spacial score (nSPS) is 10.9. The zero-order chi connectivity index (χ0) is 11.8. The fraction of sp³-hybridized carbons (Fsp3) is 0.250. The maximum atomic E-state index is 11.4. The van der Waals surface area contributed by atoms with Crippen molar-refractivity contribution in [2.24, 2.45) is 0 Å². The van der Waals surface area contributed by atoms with E-state index >= 15 is 0 Å². The first-order valence-electron chi connectivity index (χ1n) is 4.71. The Kier molecular flexibility index (Phi) is 5.72. The summed E-state index contributed by atoms with van der Waals surface area (Å²) < 4.78 is 12.9. The molecule has 1 aromatic rings. The minimum absolute atomic E-state index is 0.101. The van der Waals surface area contributed by atoms with E-state index < -0.39 is 12.1 Å². The fourth-order valence-corrected chi connectivity index (χ4v) is 1.16. The van der Waals surface area contributed by atoms with Gasteiger partial charge in [-0.05, 0) is 23.0 Å². The lowest BCUT2D eigenvalue weighted by atomic mass is 10.3. The number of hydrogen-bond donors (Lipinski definition) is 0. The van der Waals surface area contributed by atoms with E-state index in [1.165, 1.54) is 0 Å². The van der Waals surface area contributed by atoms with Crippen molar-refractivity contribution in [2.45, 2.75) is 13.0 Å². The van der Waals surface area contributed by atoms with E-state index in [1.54, 1.807) is 19.1 Å². The van der Waals surface area contributed by atoms with Crippen molar-refractivity contribution < 1.29 is 14.3 Å². The third kappa shape index (κ3) is 4.53. The summed E-state index contributed by atoms with van der Waals surface area (Å²) >= 11 is 1.89. The molecule has 4 heteroatoms. The molecule has 0 aliphatic heterocycles. The van der Waals surface area contributed by atoms with Gasteiger partial charge >= 0.3 is 5.97 Å². The van der Waals surface area contributed by atoms with Crippen molar-refractivity contribution in [3.8, 4) is 15.6 Å². The van der Waals surface area contributed by atoms with E-state index in [0.717, 1.165) is 0 Å². The monoisotopic (exact) mass is 330 g/mol. The Morgan fingerprint density at radius 3 is 2.75 bits per heavy atom. The van der Waals surface area contributed by atoms with Gasteiger partial charge in [-0.2, -0.15) is 0 Å². The number of hydrogen-bond acceptors (Lipinski definition) is 3. The molecule has 0 fully saturated rings. The summed E-state index contributed by atoms with van der Waals surface area (Å²) in [6.45, 7) is 1.75. The lowest BCUT2D eigenvalue weighted by molar-refractivity contribution is -0.149. The molecule has 16 heavy (non-hydrogen) atoms. The number of para-hydroxylation sites is 1. The first-order chi connectivity index (χ1) is 7.74. The van der Waals surface area contributed by atoms with Crippen molar-refractivity contribution in [1.82, 2.24) is 0 Å². The Bertz CT molecular complexity index is 392. The van der Waals surface area contributed by atoms with Crippen LogP contribution in [0.1, 0.15) is 6.92 Å². The third-order valence-corrected chi connectivity index (χ3v) is 2.12. The smallest absolute Gasteiger partial charge is 0.347 e. The summed E-state index contributed by atoms with van der Waals surface area (Å²) in [7, 11) is 0. The molecule has 0 spiro atoms. The zero-order valence-electron chi connectivity index (χ0n) is 8.77. The van der Waals surface area contributed by atoms with Gasteiger partial charge in [0.2, 0.25) is 0 Å². The predicted octanol–water partition coefficient (Wildman–Crippen LogP) is 2.39. The minimum Gasteiger partial charge on any atom is -0.479 e. The van der Waals surface area contributed by atoms with Crippen LogP contribution >= 0.6 is 22.6 Å². The molecule has 84 valence electrons. The van der Waals surface area contributed by atoms with Crippen LogP contribution in [0.2, 0.25) is 0 Å². The second kappa shape index (κ2) is 7.12. The van der Waals surface area contributed by atoms with Crippen molar-refractivity contribution in [1.29, 1.82) is 0 Å². The van der Waals surface area contributed by atoms with Crippen molar-refractivity contribution in [3.63, 3.8) is 0 Å². The Morgan fingerprint density at radius 2 is 2.12 bits per heavy atom. The highest BCUT2D eigenvalue weighted by Crippen LogP contribution is 2.11. The van der Waals surface area contributed by atoms with Gasteiger partial charge in [0, 0.05) is 22.6 Å². The van der Waals surface area contributed by atoms with Gasteiger partial charge in [-0.3, -0.25) is 0 Å². The molecule has 0 amide bonds. The number of benzene rings is 1. The van der Waals surface area contributed by atoms with Crippen LogP contribution in [-0.4, -0.2) is 18.7 Å². The van der Waals surface area contributed by atoms with E-state index in [4.69, 9.17) is 9.47 Å². The summed E-state index contributed by atoms with van der Waals surface area (Å²) in [6.07, 6.45) is -0.626. The molecule has 0 N–H and O–H groups in total. The van der Waals surface area contributed by atoms with Gasteiger partial charge in [-0.25, -0.2) is 4.79 Å². The van der Waals surface area contributed by atoms with Crippen LogP contribution in [0, 0.1) is 9.85 Å². The van der Waals surface area contributed by atoms with Gasteiger partial charge in [0.15, 0.2) is 12.7 Å². The maximum absolute atomic E-state index is 11.4. The Balaban J connectivity index is 2.42. The lowest BCUT2D eigenvalue weighted by Gasteiger charge is -2.12. The van der Waals surface area contributed by atoms with E-state index in [2.05, 4.69) is 9.85 Å². The van der Waals surface area contributed by atoms with E-state index in [9.17, 15) is 4.79 Å². The van der Waals surface area contributed by atoms with Gasteiger partial charge in [0.1, 0.15) is 5.75 Å². The maximum Gasteiger partial charge on any atom is 0.347 e. The van der Waals surface area contributed by atoms with Gasteiger partial charge < -0.3 is 9.47 Å². The Labute approximate surface area is 108 Å². The second-order valence-electron chi connectivity index (χ2n) is 2.95. The number of esters is 1. The van der Waals surface area contributed by atoms with Gasteiger partial charge in [0.25, 0.3) is 0 Å². The third-order valence-electron chi connectivity index (χ3n) is 1.74. The van der Waals surface area contributed by atoms with Crippen molar-refractivity contribution in [2.75, 3.05) is 6.61 Å². The zero-order valence-corrected chi connectivity index (χ0v) is 10.9. The number of carbonyl (C=O) groups is 1. The van der Waals surface area contributed by atoms with Gasteiger partial charge in [-0.1, -0.05) is 24.1 Å². The average Bonchev–Trinajstić information content (AvgIpc) is 2.30. The fourth-order valence-electron chi connectivity index (χ4n) is 1.00. The molecule has 0 bridgehead atoms. The van der Waals surface area contributed by atoms with Gasteiger partial charge in [-0.15, -0.1) is 0 Å². The molecule has 0 aliphatic rings. The second-order valence-corrected chi connectivity index (χ2v) is 3.49. The van der Waals surface area contributed by atoms with Crippen LogP contribution in [0.25, 0.3) is 0 Å². The summed E-state index contributed by atoms with van der Waals surface area (Å²) in [5, 5.41) is 0. The highest BCUT2D eigenvalue weighted by atomic mass is 127. The summed E-state index contributed by atoms with van der Waals surface area (Å²) in [4.78, 5) is 11.4. The summed E-state index contributed by atoms with van der Waals surface area (Å²) in [5.41, 5.74) is 0. The molecule has 0 aliphatic carbocycles. The molecule has 1 unspecified atom stereocenters. The van der Waals surface area contributed by atoms with E-state index in [0.29, 0.717) is 5.75 Å². The number of carbonyl (C=O) groups excluding carboxylic acids is 1. The molecule has 1 atom stereocenters. The lowest BCUT2D eigenvalue weighted by Crippen LogP contribution is -2.26. The molecular formula is C12H11IO3. The topological polar surface area (TPSA) is 35.5 Å². The largest absolute Gasteiger partial charge is 0.479 e. The number of ether oxygens (including phenoxy) is 2. The van der Waals surface area contributed by atoms with Crippen LogP contribution in [0.15, 0.2) is 30.3 Å². The predicted molar refractivity (Wildman–Crippen MR) is 69.3 cm³/mol.